The van der Waals surface area contributed by atoms with Gasteiger partial charge in [0.2, 0.25) is 0 Å². The summed E-state index contributed by atoms with van der Waals surface area (Å²) in [6.07, 6.45) is 2.53. The van der Waals surface area contributed by atoms with Crippen molar-refractivity contribution in [3.8, 4) is 11.5 Å². The number of carbonyl (C=O) groups is 2. The van der Waals surface area contributed by atoms with Crippen molar-refractivity contribution in [3.63, 3.8) is 0 Å². The van der Waals surface area contributed by atoms with Gasteiger partial charge in [-0.15, -0.1) is 0 Å². The van der Waals surface area contributed by atoms with Gasteiger partial charge in [-0.05, 0) is 42.7 Å². The Hall–Kier alpha value is -3.09. The van der Waals surface area contributed by atoms with Crippen molar-refractivity contribution in [2.24, 2.45) is 0 Å². The maximum Gasteiger partial charge on any atom is 0.269 e. The van der Waals surface area contributed by atoms with Crippen LogP contribution in [0.1, 0.15) is 46.3 Å². The zero-order valence-corrected chi connectivity index (χ0v) is 16.6. The van der Waals surface area contributed by atoms with Gasteiger partial charge >= 0.3 is 0 Å². The molecule has 0 aliphatic carbocycles. The molecule has 28 heavy (non-hydrogen) atoms. The predicted octanol–water partition coefficient (Wildman–Crippen LogP) is 2.60. The molecule has 0 saturated heterocycles. The number of unbranched alkanes of at least 4 members (excludes halogenated alkanes) is 1. The maximum absolute atomic E-state index is 12.3. The number of rotatable bonds is 10. The summed E-state index contributed by atoms with van der Waals surface area (Å²) < 4.78 is 10.5. The Balaban J connectivity index is 1.91. The number of benzene rings is 1. The molecular formula is C21H27N3O4. The van der Waals surface area contributed by atoms with E-state index in [1.807, 2.05) is 18.2 Å². The Labute approximate surface area is 165 Å². The van der Waals surface area contributed by atoms with E-state index in [0.29, 0.717) is 31.0 Å². The molecule has 150 valence electrons. The maximum atomic E-state index is 12.3. The zero-order chi connectivity index (χ0) is 20.4. The molecule has 0 saturated carbocycles. The lowest BCUT2D eigenvalue weighted by Crippen LogP contribution is -2.29. The molecular weight excluding hydrogens is 358 g/mol. The Bertz CT molecular complexity index is 808. The van der Waals surface area contributed by atoms with Crippen LogP contribution in [0.15, 0.2) is 36.4 Å². The zero-order valence-electron chi connectivity index (χ0n) is 16.6. The molecule has 2 rings (SSSR count). The summed E-state index contributed by atoms with van der Waals surface area (Å²) in [6, 6.07) is 10.5. The second kappa shape index (κ2) is 10.9. The largest absolute Gasteiger partial charge is 0.493 e. The number of methoxy groups -OCH3 is 2. The van der Waals surface area contributed by atoms with Crippen molar-refractivity contribution in [1.29, 1.82) is 0 Å². The molecule has 0 fully saturated rings. The van der Waals surface area contributed by atoms with Gasteiger partial charge in [0, 0.05) is 13.1 Å². The minimum Gasteiger partial charge on any atom is -0.493 e. The molecule has 7 nitrogen and oxygen atoms in total. The first kappa shape index (κ1) is 21.2. The molecule has 2 amide bonds. The second-order valence-corrected chi connectivity index (χ2v) is 6.21. The SMILES string of the molecule is CCCCNC(=O)c1cccc(C(=O)NCCc2ccc(OC)c(OC)c2)n1. The summed E-state index contributed by atoms with van der Waals surface area (Å²) in [7, 11) is 3.17. The van der Waals surface area contributed by atoms with E-state index in [1.54, 1.807) is 32.4 Å². The summed E-state index contributed by atoms with van der Waals surface area (Å²) in [5.74, 6) is 0.723. The fourth-order valence-corrected chi connectivity index (χ4v) is 2.60. The van der Waals surface area contributed by atoms with Crippen molar-refractivity contribution >= 4 is 11.8 Å². The Morgan fingerprint density at radius 3 is 2.18 bits per heavy atom. The molecule has 2 aromatic rings. The van der Waals surface area contributed by atoms with Crippen molar-refractivity contribution in [3.05, 3.63) is 53.3 Å². The fraction of sp³-hybridized carbons (Fsp3) is 0.381. The van der Waals surface area contributed by atoms with Gasteiger partial charge in [-0.1, -0.05) is 25.5 Å². The molecule has 1 aromatic carbocycles. The third kappa shape index (κ3) is 5.97. The summed E-state index contributed by atoms with van der Waals surface area (Å²) in [5, 5.41) is 5.62. The first-order chi connectivity index (χ1) is 13.6. The van der Waals surface area contributed by atoms with Gasteiger partial charge in [-0.3, -0.25) is 9.59 Å². The fourth-order valence-electron chi connectivity index (χ4n) is 2.60. The van der Waals surface area contributed by atoms with E-state index >= 15 is 0 Å². The Morgan fingerprint density at radius 1 is 0.929 bits per heavy atom. The van der Waals surface area contributed by atoms with Crippen molar-refractivity contribution in [1.82, 2.24) is 15.6 Å². The van der Waals surface area contributed by atoms with Crippen LogP contribution in [0, 0.1) is 0 Å². The molecule has 2 N–H and O–H groups in total. The number of nitrogens with one attached hydrogen (secondary N) is 2. The van der Waals surface area contributed by atoms with Crippen LogP contribution < -0.4 is 20.1 Å². The smallest absolute Gasteiger partial charge is 0.269 e. The van der Waals surface area contributed by atoms with Gasteiger partial charge in [-0.25, -0.2) is 4.98 Å². The summed E-state index contributed by atoms with van der Waals surface area (Å²) in [4.78, 5) is 28.6. The first-order valence-electron chi connectivity index (χ1n) is 9.33. The number of hydrogen-bond donors (Lipinski definition) is 2. The van der Waals surface area contributed by atoms with Gasteiger partial charge in [-0.2, -0.15) is 0 Å². The highest BCUT2D eigenvalue weighted by Crippen LogP contribution is 2.27. The monoisotopic (exact) mass is 385 g/mol. The minimum atomic E-state index is -0.316. The Kier molecular flexibility index (Phi) is 8.27. The van der Waals surface area contributed by atoms with Crippen LogP contribution in [0.25, 0.3) is 0 Å². The van der Waals surface area contributed by atoms with E-state index in [2.05, 4.69) is 22.5 Å². The molecule has 1 aromatic heterocycles. The summed E-state index contributed by atoms with van der Waals surface area (Å²) in [6.45, 7) is 3.08. The van der Waals surface area contributed by atoms with Crippen LogP contribution >= 0.6 is 0 Å². The van der Waals surface area contributed by atoms with Crippen LogP contribution in [0.4, 0.5) is 0 Å². The number of carbonyl (C=O) groups excluding carboxylic acids is 2. The topological polar surface area (TPSA) is 89.6 Å². The van der Waals surface area contributed by atoms with Crippen LogP contribution in [-0.4, -0.2) is 44.1 Å². The van der Waals surface area contributed by atoms with E-state index in [9.17, 15) is 9.59 Å². The summed E-state index contributed by atoms with van der Waals surface area (Å²) >= 11 is 0. The minimum absolute atomic E-state index is 0.218. The lowest BCUT2D eigenvalue weighted by atomic mass is 10.1. The van der Waals surface area contributed by atoms with Gasteiger partial charge < -0.3 is 20.1 Å². The van der Waals surface area contributed by atoms with Gasteiger partial charge in [0.1, 0.15) is 11.4 Å². The molecule has 0 unspecified atom stereocenters. The normalized spacial score (nSPS) is 10.2. The third-order valence-corrected chi connectivity index (χ3v) is 4.18. The Morgan fingerprint density at radius 2 is 1.57 bits per heavy atom. The predicted molar refractivity (Wildman–Crippen MR) is 107 cm³/mol. The van der Waals surface area contributed by atoms with Crippen molar-refractivity contribution < 1.29 is 19.1 Å². The average Bonchev–Trinajstić information content (AvgIpc) is 2.73. The van der Waals surface area contributed by atoms with Crippen molar-refractivity contribution in [2.75, 3.05) is 27.3 Å². The van der Waals surface area contributed by atoms with E-state index in [-0.39, 0.29) is 23.2 Å². The van der Waals surface area contributed by atoms with Crippen LogP contribution in [0.3, 0.4) is 0 Å². The van der Waals surface area contributed by atoms with Crippen LogP contribution in [-0.2, 0) is 6.42 Å². The molecule has 0 aliphatic heterocycles. The standard InChI is InChI=1S/C21H27N3O4/c1-4-5-12-22-20(25)16-7-6-8-17(24-16)21(26)23-13-11-15-9-10-18(27-2)19(14-15)28-3/h6-10,14H,4-5,11-13H2,1-3H3,(H,22,25)(H,23,26). The van der Waals surface area contributed by atoms with E-state index in [4.69, 9.17) is 9.47 Å². The van der Waals surface area contributed by atoms with E-state index in [0.717, 1.165) is 18.4 Å². The van der Waals surface area contributed by atoms with E-state index < -0.39 is 0 Å². The van der Waals surface area contributed by atoms with Gasteiger partial charge in [0.05, 0.1) is 14.2 Å². The number of aromatic nitrogens is 1. The molecule has 0 spiro atoms. The van der Waals surface area contributed by atoms with Crippen LogP contribution in [0.2, 0.25) is 0 Å². The number of amides is 2. The molecule has 0 atom stereocenters. The highest BCUT2D eigenvalue weighted by atomic mass is 16.5. The number of pyridine rings is 1. The van der Waals surface area contributed by atoms with E-state index in [1.165, 1.54) is 0 Å². The highest BCUT2D eigenvalue weighted by molar-refractivity contribution is 5.96. The molecule has 1 heterocycles. The van der Waals surface area contributed by atoms with Crippen molar-refractivity contribution in [2.45, 2.75) is 26.2 Å². The van der Waals surface area contributed by atoms with Crippen LogP contribution in [0.5, 0.6) is 11.5 Å². The first-order valence-corrected chi connectivity index (χ1v) is 9.33. The molecule has 0 bridgehead atoms. The molecule has 7 heteroatoms. The highest BCUT2D eigenvalue weighted by Gasteiger charge is 2.12. The summed E-state index contributed by atoms with van der Waals surface area (Å²) in [5.41, 5.74) is 1.47. The number of nitrogens with zero attached hydrogens (tertiary/aromatic N) is 1. The lowest BCUT2D eigenvalue weighted by molar-refractivity contribution is 0.0944. The second-order valence-electron chi connectivity index (χ2n) is 6.21. The quantitative estimate of drug-likeness (QED) is 0.614. The molecule has 0 radical (unpaired) electrons. The number of ether oxygens (including phenoxy) is 2. The third-order valence-electron chi connectivity index (χ3n) is 4.18. The number of hydrogen-bond acceptors (Lipinski definition) is 5. The lowest BCUT2D eigenvalue weighted by Gasteiger charge is -2.10. The molecule has 0 aliphatic rings. The average molecular weight is 385 g/mol. The van der Waals surface area contributed by atoms with Gasteiger partial charge in [0.15, 0.2) is 11.5 Å². The van der Waals surface area contributed by atoms with Gasteiger partial charge in [0.25, 0.3) is 11.8 Å².